The van der Waals surface area contributed by atoms with Crippen molar-refractivity contribution in [3.63, 3.8) is 0 Å². The molecular formula is C28H35F2NO. The maximum Gasteiger partial charge on any atom is 0.224 e. The van der Waals surface area contributed by atoms with Crippen molar-refractivity contribution in [2.24, 2.45) is 0 Å². The number of anilines is 1. The Labute approximate surface area is 191 Å². The summed E-state index contributed by atoms with van der Waals surface area (Å²) in [6.07, 6.45) is 31.8. The molecule has 1 amide bonds. The number of para-hydroxylation sites is 1. The lowest BCUT2D eigenvalue weighted by molar-refractivity contribution is -0.116. The summed E-state index contributed by atoms with van der Waals surface area (Å²) in [4.78, 5) is 11.8. The van der Waals surface area contributed by atoms with E-state index in [0.717, 1.165) is 50.7 Å². The van der Waals surface area contributed by atoms with E-state index in [1.54, 1.807) is 0 Å². The molecule has 32 heavy (non-hydrogen) atoms. The lowest BCUT2D eigenvalue weighted by atomic mass is 10.2. The molecular weight excluding hydrogens is 404 g/mol. The molecule has 1 rings (SSSR count). The second-order valence-electron chi connectivity index (χ2n) is 7.10. The molecule has 0 radical (unpaired) electrons. The fourth-order valence-electron chi connectivity index (χ4n) is 2.67. The number of hydrogen-bond acceptors (Lipinski definition) is 1. The minimum absolute atomic E-state index is 0.177. The molecule has 0 heterocycles. The summed E-state index contributed by atoms with van der Waals surface area (Å²) >= 11 is 0. The highest BCUT2D eigenvalue weighted by molar-refractivity contribution is 5.91. The van der Waals surface area contributed by atoms with Crippen molar-refractivity contribution in [1.82, 2.24) is 0 Å². The SMILES string of the molecule is CC/C=C\C/C=C\C/C=C\C/C=C\C/C=C\C/C=C\CCC(=O)Nc1c(F)cccc1F. The van der Waals surface area contributed by atoms with Gasteiger partial charge in [-0.3, -0.25) is 4.79 Å². The van der Waals surface area contributed by atoms with E-state index < -0.39 is 17.5 Å². The van der Waals surface area contributed by atoms with Gasteiger partial charge >= 0.3 is 0 Å². The fraction of sp³-hybridized carbons (Fsp3) is 0.321. The second-order valence-corrected chi connectivity index (χ2v) is 7.10. The standard InChI is InChI=1S/C28H35F2NO/c1-2-3-4-5-6-7-8-9-10-11-12-13-14-15-16-17-18-19-20-24-27(32)31-28-25(29)22-21-23-26(28)30/h3-4,6-7,9-10,12-13,15-16,18-19,21-23H,2,5,8,11,14,17,20,24H2,1H3,(H,31,32)/b4-3-,7-6-,10-9-,13-12-,16-15-,19-18-. The topological polar surface area (TPSA) is 29.1 Å². The first-order valence-electron chi connectivity index (χ1n) is 11.3. The number of nitrogens with one attached hydrogen (secondary N) is 1. The highest BCUT2D eigenvalue weighted by Gasteiger charge is 2.10. The molecule has 0 unspecified atom stereocenters. The largest absolute Gasteiger partial charge is 0.321 e. The Morgan fingerprint density at radius 3 is 1.56 bits per heavy atom. The third kappa shape index (κ3) is 14.1. The molecule has 0 bridgehead atoms. The average molecular weight is 440 g/mol. The maximum atomic E-state index is 13.5. The number of carbonyl (C=O) groups is 1. The predicted octanol–water partition coefficient (Wildman–Crippen LogP) is 8.38. The zero-order chi connectivity index (χ0) is 23.3. The van der Waals surface area contributed by atoms with Crippen molar-refractivity contribution in [3.8, 4) is 0 Å². The summed E-state index contributed by atoms with van der Waals surface area (Å²) < 4.78 is 27.0. The van der Waals surface area contributed by atoms with E-state index in [0.29, 0.717) is 6.42 Å². The van der Waals surface area contributed by atoms with Gasteiger partial charge in [-0.2, -0.15) is 0 Å². The number of carbonyl (C=O) groups excluding carboxylic acids is 1. The van der Waals surface area contributed by atoms with Crippen LogP contribution in [0.4, 0.5) is 14.5 Å². The smallest absolute Gasteiger partial charge is 0.224 e. The van der Waals surface area contributed by atoms with E-state index in [-0.39, 0.29) is 12.1 Å². The minimum atomic E-state index is -0.771. The fourth-order valence-corrected chi connectivity index (χ4v) is 2.67. The maximum absolute atomic E-state index is 13.5. The van der Waals surface area contributed by atoms with Gasteiger partial charge in [-0.25, -0.2) is 8.78 Å². The van der Waals surface area contributed by atoms with Gasteiger partial charge in [0.2, 0.25) is 5.91 Å². The van der Waals surface area contributed by atoms with Crippen LogP contribution in [-0.4, -0.2) is 5.91 Å². The van der Waals surface area contributed by atoms with Gasteiger partial charge < -0.3 is 5.32 Å². The van der Waals surface area contributed by atoms with Gasteiger partial charge in [0.1, 0.15) is 17.3 Å². The molecule has 1 aromatic carbocycles. The normalized spacial score (nSPS) is 12.6. The van der Waals surface area contributed by atoms with Gasteiger partial charge in [0.25, 0.3) is 0 Å². The predicted molar refractivity (Wildman–Crippen MR) is 132 cm³/mol. The molecule has 0 fully saturated rings. The molecule has 0 aliphatic carbocycles. The number of amides is 1. The molecule has 2 nitrogen and oxygen atoms in total. The zero-order valence-corrected chi connectivity index (χ0v) is 19.0. The Balaban J connectivity index is 2.06. The third-order valence-corrected chi connectivity index (χ3v) is 4.36. The zero-order valence-electron chi connectivity index (χ0n) is 19.0. The summed E-state index contributed by atoms with van der Waals surface area (Å²) in [7, 11) is 0. The molecule has 172 valence electrons. The monoisotopic (exact) mass is 439 g/mol. The van der Waals surface area contributed by atoms with Crippen molar-refractivity contribution in [3.05, 3.63) is 103 Å². The summed E-state index contributed by atoms with van der Waals surface area (Å²) in [5, 5.41) is 2.28. The number of halogens is 2. The Kier molecular flexibility index (Phi) is 15.8. The molecule has 4 heteroatoms. The van der Waals surface area contributed by atoms with Crippen molar-refractivity contribution in [2.75, 3.05) is 5.32 Å². The van der Waals surface area contributed by atoms with E-state index in [4.69, 9.17) is 0 Å². The summed E-state index contributed by atoms with van der Waals surface area (Å²) in [5.74, 6) is -1.95. The van der Waals surface area contributed by atoms with Crippen LogP contribution in [0.2, 0.25) is 0 Å². The molecule has 1 aromatic rings. The van der Waals surface area contributed by atoms with Gasteiger partial charge in [-0.1, -0.05) is 85.9 Å². The molecule has 0 aliphatic rings. The van der Waals surface area contributed by atoms with Gasteiger partial charge in [0.05, 0.1) is 0 Å². The Morgan fingerprint density at radius 1 is 0.719 bits per heavy atom. The number of hydrogen-bond donors (Lipinski definition) is 1. The van der Waals surface area contributed by atoms with Crippen molar-refractivity contribution in [1.29, 1.82) is 0 Å². The Hall–Kier alpha value is -3.01. The van der Waals surface area contributed by atoms with Crippen LogP contribution in [0.15, 0.2) is 91.1 Å². The van der Waals surface area contributed by atoms with Crippen molar-refractivity contribution in [2.45, 2.75) is 58.3 Å². The first-order valence-corrected chi connectivity index (χ1v) is 11.3. The molecule has 0 saturated carbocycles. The highest BCUT2D eigenvalue weighted by atomic mass is 19.1. The lowest BCUT2D eigenvalue weighted by Gasteiger charge is -2.06. The Morgan fingerprint density at radius 2 is 1.12 bits per heavy atom. The van der Waals surface area contributed by atoms with E-state index in [2.05, 4.69) is 73.0 Å². The summed E-state index contributed by atoms with van der Waals surface area (Å²) in [6, 6.07) is 3.49. The van der Waals surface area contributed by atoms with Gasteiger partial charge in [-0.15, -0.1) is 0 Å². The number of allylic oxidation sites excluding steroid dienone is 12. The van der Waals surface area contributed by atoms with Crippen LogP contribution < -0.4 is 5.32 Å². The van der Waals surface area contributed by atoms with Crippen LogP contribution in [-0.2, 0) is 4.79 Å². The van der Waals surface area contributed by atoms with Crippen molar-refractivity contribution >= 4 is 11.6 Å². The Bertz CT molecular complexity index is 812. The molecule has 0 aromatic heterocycles. The molecule has 1 N–H and O–H groups in total. The van der Waals surface area contributed by atoms with Crippen LogP contribution in [0.25, 0.3) is 0 Å². The van der Waals surface area contributed by atoms with Gasteiger partial charge in [-0.05, 0) is 57.1 Å². The van der Waals surface area contributed by atoms with Crippen LogP contribution in [0.1, 0.15) is 58.3 Å². The first kappa shape index (κ1) is 27.0. The summed E-state index contributed by atoms with van der Waals surface area (Å²) in [6.45, 7) is 2.14. The van der Waals surface area contributed by atoms with E-state index in [1.165, 1.54) is 6.07 Å². The van der Waals surface area contributed by atoms with Crippen molar-refractivity contribution < 1.29 is 13.6 Å². The van der Waals surface area contributed by atoms with Gasteiger partial charge in [0, 0.05) is 6.42 Å². The molecule has 0 atom stereocenters. The number of benzene rings is 1. The highest BCUT2D eigenvalue weighted by Crippen LogP contribution is 2.18. The van der Waals surface area contributed by atoms with Crippen LogP contribution in [0, 0.1) is 11.6 Å². The number of rotatable bonds is 15. The second kappa shape index (κ2) is 18.7. The van der Waals surface area contributed by atoms with Crippen LogP contribution in [0.3, 0.4) is 0 Å². The molecule has 0 saturated heterocycles. The first-order chi connectivity index (χ1) is 15.6. The van der Waals surface area contributed by atoms with E-state index >= 15 is 0 Å². The lowest BCUT2D eigenvalue weighted by Crippen LogP contribution is -2.13. The summed E-state index contributed by atoms with van der Waals surface area (Å²) in [5.41, 5.74) is -0.389. The third-order valence-electron chi connectivity index (χ3n) is 4.36. The molecule has 0 aliphatic heterocycles. The van der Waals surface area contributed by atoms with Crippen LogP contribution in [0.5, 0.6) is 0 Å². The van der Waals surface area contributed by atoms with Gasteiger partial charge in [0.15, 0.2) is 0 Å². The molecule has 0 spiro atoms. The van der Waals surface area contributed by atoms with E-state index in [9.17, 15) is 13.6 Å². The minimum Gasteiger partial charge on any atom is -0.321 e. The quantitative estimate of drug-likeness (QED) is 0.273. The van der Waals surface area contributed by atoms with Crippen LogP contribution >= 0.6 is 0 Å². The van der Waals surface area contributed by atoms with E-state index in [1.807, 2.05) is 12.2 Å². The average Bonchev–Trinajstić information content (AvgIpc) is 2.78.